The van der Waals surface area contributed by atoms with Gasteiger partial charge in [0.1, 0.15) is 6.10 Å². The fourth-order valence-corrected chi connectivity index (χ4v) is 10.9. The average Bonchev–Trinajstić information content (AvgIpc) is 3.23. The maximum atomic E-state index is 12.9. The Hall–Kier alpha value is -0.830. The lowest BCUT2D eigenvalue weighted by atomic mass is 9.43. The van der Waals surface area contributed by atoms with Gasteiger partial charge in [0.25, 0.3) is 0 Å². The monoisotopic (exact) mass is 584 g/mol. The largest absolute Gasteiger partial charge is 0.458 e. The first-order valence-corrected chi connectivity index (χ1v) is 16.8. The van der Waals surface area contributed by atoms with Crippen LogP contribution in [0.5, 0.6) is 0 Å². The van der Waals surface area contributed by atoms with Gasteiger partial charge in [0.05, 0.1) is 5.56 Å². The van der Waals surface area contributed by atoms with E-state index in [2.05, 4.69) is 57.5 Å². The Morgan fingerprint density at radius 1 is 0.895 bits per heavy atom. The highest BCUT2D eigenvalue weighted by Gasteiger charge is 2.61. The van der Waals surface area contributed by atoms with Crippen LogP contribution in [-0.2, 0) is 4.74 Å². The predicted molar refractivity (Wildman–Crippen MR) is 161 cm³/mol. The average molecular weight is 586 g/mol. The highest BCUT2D eigenvalue weighted by molar-refractivity contribution is 9.10. The van der Waals surface area contributed by atoms with Gasteiger partial charge in [-0.25, -0.2) is 4.79 Å². The summed E-state index contributed by atoms with van der Waals surface area (Å²) >= 11 is 3.47. The van der Waals surface area contributed by atoms with Crippen molar-refractivity contribution in [2.45, 2.75) is 118 Å². The van der Waals surface area contributed by atoms with Crippen LogP contribution < -0.4 is 0 Å². The summed E-state index contributed by atoms with van der Waals surface area (Å²) in [6.45, 7) is 15.1. The molecule has 0 N–H and O–H groups in total. The van der Waals surface area contributed by atoms with Crippen molar-refractivity contribution in [2.24, 2.45) is 58.2 Å². The Morgan fingerprint density at radius 2 is 1.55 bits per heavy atom. The Morgan fingerprint density at radius 3 is 2.26 bits per heavy atom. The van der Waals surface area contributed by atoms with E-state index in [4.69, 9.17) is 4.74 Å². The zero-order chi connectivity index (χ0) is 27.2. The molecule has 0 aliphatic heterocycles. The second-order valence-corrected chi connectivity index (χ2v) is 15.9. The van der Waals surface area contributed by atoms with E-state index in [1.165, 1.54) is 64.2 Å². The molecule has 0 saturated heterocycles. The van der Waals surface area contributed by atoms with Gasteiger partial charge >= 0.3 is 5.97 Å². The molecule has 4 aliphatic rings. The molecule has 0 amide bonds. The first-order chi connectivity index (χ1) is 18.0. The summed E-state index contributed by atoms with van der Waals surface area (Å²) < 4.78 is 7.17. The summed E-state index contributed by atoms with van der Waals surface area (Å²) in [6.07, 6.45) is 15.1. The van der Waals surface area contributed by atoms with Crippen LogP contribution in [0.1, 0.15) is 123 Å². The summed E-state index contributed by atoms with van der Waals surface area (Å²) in [5, 5.41) is 0. The van der Waals surface area contributed by atoms with E-state index in [9.17, 15) is 4.79 Å². The van der Waals surface area contributed by atoms with Crippen LogP contribution in [0, 0.1) is 58.2 Å². The van der Waals surface area contributed by atoms with Crippen molar-refractivity contribution in [3.8, 4) is 0 Å². The van der Waals surface area contributed by atoms with Crippen molar-refractivity contribution in [2.75, 3.05) is 0 Å². The first kappa shape index (κ1) is 28.7. The first-order valence-electron chi connectivity index (χ1n) is 16.0. The normalized spacial score (nSPS) is 41.2. The van der Waals surface area contributed by atoms with E-state index < -0.39 is 0 Å². The van der Waals surface area contributed by atoms with Crippen LogP contribution in [0.4, 0.5) is 0 Å². The number of carbonyl (C=O) groups is 1. The van der Waals surface area contributed by atoms with Gasteiger partial charge in [-0.1, -0.05) is 76.7 Å². The molecule has 1 aromatic carbocycles. The lowest BCUT2D eigenvalue weighted by Crippen LogP contribution is -2.56. The fraction of sp³-hybridized carbons (Fsp3) is 0.800. The fourth-order valence-electron chi connectivity index (χ4n) is 10.7. The SMILES string of the molecule is CC(C)CCC[C@@H](C)[C@H]1CC[C@H]2[C@@H]3CC[C@H]4[C@H](C)[C@@H](OC(=O)c5ccc(Br)cc5)CC[C@]4(C)[C@H]3CC[C@]12C. The minimum Gasteiger partial charge on any atom is -0.458 e. The number of fused-ring (bicyclic) bond motifs is 5. The molecule has 4 fully saturated rings. The predicted octanol–water partition coefficient (Wildman–Crippen LogP) is 10.3. The van der Waals surface area contributed by atoms with E-state index in [1.807, 2.05) is 24.3 Å². The Kier molecular flexibility index (Phi) is 8.46. The third kappa shape index (κ3) is 5.16. The van der Waals surface area contributed by atoms with Gasteiger partial charge in [-0.05, 0) is 134 Å². The summed E-state index contributed by atoms with van der Waals surface area (Å²) in [5.74, 6) is 6.32. The summed E-state index contributed by atoms with van der Waals surface area (Å²) in [5.41, 5.74) is 1.63. The van der Waals surface area contributed by atoms with Gasteiger partial charge in [0, 0.05) is 4.47 Å². The molecule has 4 saturated carbocycles. The van der Waals surface area contributed by atoms with E-state index in [-0.39, 0.29) is 12.1 Å². The molecule has 2 nitrogen and oxygen atoms in total. The van der Waals surface area contributed by atoms with Crippen molar-refractivity contribution >= 4 is 21.9 Å². The number of carbonyl (C=O) groups excluding carboxylic acids is 1. The lowest BCUT2D eigenvalue weighted by molar-refractivity contribution is -0.150. The molecular formula is C35H53BrO2. The summed E-state index contributed by atoms with van der Waals surface area (Å²) in [6, 6.07) is 7.59. The number of hydrogen-bond donors (Lipinski definition) is 0. The number of ether oxygens (including phenoxy) is 1. The molecule has 0 unspecified atom stereocenters. The van der Waals surface area contributed by atoms with E-state index in [1.54, 1.807) is 0 Å². The van der Waals surface area contributed by atoms with Crippen LogP contribution in [0.25, 0.3) is 0 Å². The minimum atomic E-state index is -0.153. The second kappa shape index (κ2) is 11.2. The molecule has 212 valence electrons. The maximum absolute atomic E-state index is 12.9. The number of esters is 1. The van der Waals surface area contributed by atoms with Gasteiger partial charge in [0.2, 0.25) is 0 Å². The molecule has 38 heavy (non-hydrogen) atoms. The molecule has 1 aromatic rings. The molecule has 0 heterocycles. The van der Waals surface area contributed by atoms with E-state index in [0.29, 0.717) is 28.2 Å². The molecule has 0 spiro atoms. The van der Waals surface area contributed by atoms with Crippen LogP contribution in [0.3, 0.4) is 0 Å². The molecule has 0 radical (unpaired) electrons. The number of hydrogen-bond acceptors (Lipinski definition) is 2. The van der Waals surface area contributed by atoms with Gasteiger partial charge in [-0.2, -0.15) is 0 Å². The van der Waals surface area contributed by atoms with Gasteiger partial charge in [-0.3, -0.25) is 0 Å². The molecule has 0 bridgehead atoms. The van der Waals surface area contributed by atoms with Crippen molar-refractivity contribution in [1.29, 1.82) is 0 Å². The van der Waals surface area contributed by atoms with Crippen molar-refractivity contribution in [1.82, 2.24) is 0 Å². The van der Waals surface area contributed by atoms with Gasteiger partial charge in [-0.15, -0.1) is 0 Å². The highest BCUT2D eigenvalue weighted by atomic mass is 79.9. The van der Waals surface area contributed by atoms with Gasteiger partial charge < -0.3 is 4.74 Å². The Labute approximate surface area is 241 Å². The molecule has 0 aromatic heterocycles. The van der Waals surface area contributed by atoms with Crippen molar-refractivity contribution in [3.05, 3.63) is 34.3 Å². The Bertz CT molecular complexity index is 971. The van der Waals surface area contributed by atoms with Gasteiger partial charge in [0.15, 0.2) is 0 Å². The topological polar surface area (TPSA) is 26.3 Å². The number of rotatable bonds is 7. The second-order valence-electron chi connectivity index (χ2n) is 14.9. The van der Waals surface area contributed by atoms with Crippen molar-refractivity contribution in [3.63, 3.8) is 0 Å². The van der Waals surface area contributed by atoms with E-state index in [0.717, 1.165) is 46.4 Å². The quantitative estimate of drug-likeness (QED) is 0.298. The van der Waals surface area contributed by atoms with E-state index >= 15 is 0 Å². The van der Waals surface area contributed by atoms with Crippen LogP contribution in [0.15, 0.2) is 28.7 Å². The third-order valence-corrected chi connectivity index (χ3v) is 13.2. The summed E-state index contributed by atoms with van der Waals surface area (Å²) in [4.78, 5) is 12.9. The molecule has 3 heteroatoms. The molecule has 4 aliphatic carbocycles. The van der Waals surface area contributed by atoms with Crippen LogP contribution in [0.2, 0.25) is 0 Å². The highest BCUT2D eigenvalue weighted by Crippen LogP contribution is 2.69. The minimum absolute atomic E-state index is 0.0529. The lowest BCUT2D eigenvalue weighted by Gasteiger charge is -2.62. The standard InChI is InChI=1S/C35H53BrO2/c1-22(2)8-7-9-23(3)28-16-17-30-27-14-15-29-24(4)32(38-33(37)25-10-12-26(36)13-11-25)19-21-35(29,6)31(27)18-20-34(28,30)5/h10-13,22-24,27-32H,7-9,14-21H2,1-6H3/t23-,24+,27+,28-,29+,30+,31+,32+,34-,35+/m1/s1. The van der Waals surface area contributed by atoms with Crippen LogP contribution >= 0.6 is 15.9 Å². The van der Waals surface area contributed by atoms with Crippen LogP contribution in [-0.4, -0.2) is 12.1 Å². The molecule has 10 atom stereocenters. The Balaban J connectivity index is 1.25. The maximum Gasteiger partial charge on any atom is 0.338 e. The number of benzene rings is 1. The summed E-state index contributed by atoms with van der Waals surface area (Å²) in [7, 11) is 0. The molecule has 5 rings (SSSR count). The third-order valence-electron chi connectivity index (χ3n) is 12.7. The molecular weight excluding hydrogens is 532 g/mol. The zero-order valence-corrected chi connectivity index (χ0v) is 26.6. The zero-order valence-electron chi connectivity index (χ0n) is 25.0. The van der Waals surface area contributed by atoms with Crippen molar-refractivity contribution < 1.29 is 9.53 Å². The smallest absolute Gasteiger partial charge is 0.338 e. The number of halogens is 1.